The summed E-state index contributed by atoms with van der Waals surface area (Å²) < 4.78 is 11.5. The Hall–Kier alpha value is -1.05. The van der Waals surface area contributed by atoms with Crippen LogP contribution in [-0.4, -0.2) is 19.8 Å². The predicted octanol–water partition coefficient (Wildman–Crippen LogP) is 3.13. The van der Waals surface area contributed by atoms with Crippen LogP contribution >= 0.6 is 15.9 Å². The summed E-state index contributed by atoms with van der Waals surface area (Å²) in [6, 6.07) is 7.38. The maximum absolute atomic E-state index is 8.74. The summed E-state index contributed by atoms with van der Waals surface area (Å²) in [6.07, 6.45) is 1.02. The second kappa shape index (κ2) is 7.26. The second-order valence-corrected chi connectivity index (χ2v) is 4.07. The molecule has 4 heteroatoms. The fourth-order valence-corrected chi connectivity index (χ4v) is 1.59. The number of nitrogens with zero attached hydrogens (tertiary/aromatic N) is 1. The van der Waals surface area contributed by atoms with Gasteiger partial charge >= 0.3 is 0 Å². The van der Waals surface area contributed by atoms with Gasteiger partial charge in [0.1, 0.15) is 18.4 Å². The number of nitriles is 1. The zero-order chi connectivity index (χ0) is 11.8. The zero-order valence-corrected chi connectivity index (χ0v) is 10.8. The molecule has 0 aliphatic carbocycles. The summed E-state index contributed by atoms with van der Waals surface area (Å²) in [6.45, 7) is 3.95. The lowest BCUT2D eigenvalue weighted by molar-refractivity contribution is 0.101. The van der Waals surface area contributed by atoms with Crippen molar-refractivity contribution < 1.29 is 9.47 Å². The van der Waals surface area contributed by atoms with Crippen LogP contribution in [0.4, 0.5) is 0 Å². The maximum atomic E-state index is 8.74. The third-order valence-corrected chi connectivity index (χ3v) is 2.56. The summed E-state index contributed by atoms with van der Waals surface area (Å²) >= 11 is 3.31. The molecule has 0 aliphatic heterocycles. The Morgan fingerprint density at radius 1 is 1.31 bits per heavy atom. The Labute approximate surface area is 104 Å². The molecule has 0 aromatic heterocycles. The van der Waals surface area contributed by atoms with E-state index in [0.29, 0.717) is 18.8 Å². The standard InChI is InChI=1S/C12H14BrNO2/c1-2-5-15-6-7-16-11-4-3-10(9-14)12(13)8-11/h3-4,8H,2,5-7H2,1H3. The monoisotopic (exact) mass is 283 g/mol. The molecule has 0 atom stereocenters. The van der Waals surface area contributed by atoms with E-state index in [1.807, 2.05) is 0 Å². The minimum absolute atomic E-state index is 0.526. The summed E-state index contributed by atoms with van der Waals surface area (Å²) in [5.41, 5.74) is 0.606. The normalized spacial score (nSPS) is 9.81. The van der Waals surface area contributed by atoms with E-state index >= 15 is 0 Å². The van der Waals surface area contributed by atoms with Gasteiger partial charge in [0.05, 0.1) is 12.2 Å². The molecule has 0 saturated carbocycles. The molecule has 1 rings (SSSR count). The Morgan fingerprint density at radius 2 is 2.12 bits per heavy atom. The number of benzene rings is 1. The SMILES string of the molecule is CCCOCCOc1ccc(C#N)c(Br)c1. The molecule has 0 unspecified atom stereocenters. The first kappa shape index (κ1) is 13.0. The van der Waals surface area contributed by atoms with Crippen molar-refractivity contribution in [2.75, 3.05) is 19.8 Å². The van der Waals surface area contributed by atoms with Crippen molar-refractivity contribution in [3.8, 4) is 11.8 Å². The van der Waals surface area contributed by atoms with E-state index in [9.17, 15) is 0 Å². The van der Waals surface area contributed by atoms with Gasteiger partial charge in [-0.15, -0.1) is 0 Å². The molecule has 0 radical (unpaired) electrons. The molecule has 0 heterocycles. The number of rotatable bonds is 6. The third-order valence-electron chi connectivity index (χ3n) is 1.91. The lowest BCUT2D eigenvalue weighted by Crippen LogP contribution is -2.07. The van der Waals surface area contributed by atoms with Gasteiger partial charge in [-0.1, -0.05) is 6.92 Å². The quantitative estimate of drug-likeness (QED) is 0.754. The molecule has 0 aliphatic rings. The molecule has 0 amide bonds. The third kappa shape index (κ3) is 4.21. The molecule has 0 saturated heterocycles. The molecule has 0 bridgehead atoms. The van der Waals surface area contributed by atoms with E-state index in [4.69, 9.17) is 14.7 Å². The summed E-state index contributed by atoms with van der Waals surface area (Å²) in [5, 5.41) is 8.74. The first-order chi connectivity index (χ1) is 7.77. The largest absolute Gasteiger partial charge is 0.491 e. The van der Waals surface area contributed by atoms with Gasteiger partial charge in [0, 0.05) is 11.1 Å². The van der Waals surface area contributed by atoms with Gasteiger partial charge < -0.3 is 9.47 Å². The summed E-state index contributed by atoms with van der Waals surface area (Å²) in [7, 11) is 0. The molecular formula is C12H14BrNO2. The lowest BCUT2D eigenvalue weighted by Gasteiger charge is -2.07. The van der Waals surface area contributed by atoms with Crippen molar-refractivity contribution in [1.82, 2.24) is 0 Å². The highest BCUT2D eigenvalue weighted by atomic mass is 79.9. The maximum Gasteiger partial charge on any atom is 0.120 e. The predicted molar refractivity (Wildman–Crippen MR) is 65.5 cm³/mol. The van der Waals surface area contributed by atoms with Gasteiger partial charge in [0.15, 0.2) is 0 Å². The van der Waals surface area contributed by atoms with E-state index in [0.717, 1.165) is 23.2 Å². The molecule has 0 spiro atoms. The van der Waals surface area contributed by atoms with Crippen LogP contribution in [0.3, 0.4) is 0 Å². The zero-order valence-electron chi connectivity index (χ0n) is 9.20. The van der Waals surface area contributed by atoms with Crippen LogP contribution in [0.1, 0.15) is 18.9 Å². The summed E-state index contributed by atoms with van der Waals surface area (Å²) in [4.78, 5) is 0. The van der Waals surface area contributed by atoms with Crippen LogP contribution in [0, 0.1) is 11.3 Å². The highest BCUT2D eigenvalue weighted by molar-refractivity contribution is 9.10. The van der Waals surface area contributed by atoms with Crippen molar-refractivity contribution in [2.24, 2.45) is 0 Å². The Bertz CT molecular complexity index is 374. The Morgan fingerprint density at radius 3 is 2.75 bits per heavy atom. The Kier molecular flexibility index (Phi) is 5.91. The average Bonchev–Trinajstić information content (AvgIpc) is 2.29. The van der Waals surface area contributed by atoms with Gasteiger partial charge in [0.2, 0.25) is 0 Å². The van der Waals surface area contributed by atoms with Gasteiger partial charge in [0.25, 0.3) is 0 Å². The van der Waals surface area contributed by atoms with Crippen LogP contribution < -0.4 is 4.74 Å². The van der Waals surface area contributed by atoms with Crippen LogP contribution in [0.5, 0.6) is 5.75 Å². The smallest absolute Gasteiger partial charge is 0.120 e. The molecular weight excluding hydrogens is 270 g/mol. The van der Waals surface area contributed by atoms with Gasteiger partial charge in [-0.25, -0.2) is 0 Å². The van der Waals surface area contributed by atoms with Crippen molar-refractivity contribution in [3.63, 3.8) is 0 Å². The number of halogens is 1. The first-order valence-corrected chi connectivity index (χ1v) is 5.97. The fourth-order valence-electron chi connectivity index (χ4n) is 1.14. The minimum Gasteiger partial charge on any atom is -0.491 e. The van der Waals surface area contributed by atoms with Gasteiger partial charge in [-0.3, -0.25) is 0 Å². The van der Waals surface area contributed by atoms with Crippen LogP contribution in [0.25, 0.3) is 0 Å². The van der Waals surface area contributed by atoms with Crippen molar-refractivity contribution in [1.29, 1.82) is 5.26 Å². The van der Waals surface area contributed by atoms with Gasteiger partial charge in [-0.05, 0) is 40.5 Å². The highest BCUT2D eigenvalue weighted by Gasteiger charge is 2.01. The second-order valence-electron chi connectivity index (χ2n) is 3.21. The minimum atomic E-state index is 0.526. The van der Waals surface area contributed by atoms with Crippen molar-refractivity contribution in [2.45, 2.75) is 13.3 Å². The van der Waals surface area contributed by atoms with Crippen LogP contribution in [0.15, 0.2) is 22.7 Å². The Balaban J connectivity index is 2.38. The van der Waals surface area contributed by atoms with E-state index in [-0.39, 0.29) is 0 Å². The number of hydrogen-bond donors (Lipinski definition) is 0. The highest BCUT2D eigenvalue weighted by Crippen LogP contribution is 2.22. The first-order valence-electron chi connectivity index (χ1n) is 5.18. The number of ether oxygens (including phenoxy) is 2. The molecule has 1 aromatic carbocycles. The van der Waals surface area contributed by atoms with Crippen LogP contribution in [-0.2, 0) is 4.74 Å². The lowest BCUT2D eigenvalue weighted by atomic mass is 10.2. The van der Waals surface area contributed by atoms with Crippen molar-refractivity contribution >= 4 is 15.9 Å². The number of hydrogen-bond acceptors (Lipinski definition) is 3. The topological polar surface area (TPSA) is 42.2 Å². The van der Waals surface area contributed by atoms with E-state index in [2.05, 4.69) is 28.9 Å². The van der Waals surface area contributed by atoms with E-state index in [1.165, 1.54) is 0 Å². The molecule has 3 nitrogen and oxygen atoms in total. The fraction of sp³-hybridized carbons (Fsp3) is 0.417. The molecule has 1 aromatic rings. The van der Waals surface area contributed by atoms with Crippen molar-refractivity contribution in [3.05, 3.63) is 28.2 Å². The molecule has 86 valence electrons. The van der Waals surface area contributed by atoms with Crippen LogP contribution in [0.2, 0.25) is 0 Å². The van der Waals surface area contributed by atoms with E-state index < -0.39 is 0 Å². The molecule has 0 N–H and O–H groups in total. The molecule has 16 heavy (non-hydrogen) atoms. The van der Waals surface area contributed by atoms with E-state index in [1.54, 1.807) is 18.2 Å². The molecule has 0 fully saturated rings. The average molecular weight is 284 g/mol. The summed E-state index contributed by atoms with van der Waals surface area (Å²) in [5.74, 6) is 0.742. The van der Waals surface area contributed by atoms with Gasteiger partial charge in [-0.2, -0.15) is 5.26 Å².